The van der Waals surface area contributed by atoms with Crippen LogP contribution in [0.5, 0.6) is 5.75 Å². The molecule has 206 valence electrons. The van der Waals surface area contributed by atoms with Crippen LogP contribution < -0.4 is 20.9 Å². The van der Waals surface area contributed by atoms with Gasteiger partial charge in [0.05, 0.1) is 6.61 Å². The maximum atomic E-state index is 12.8. The number of thioether (sulfide) groups is 1. The number of aromatic nitrogens is 3. The fourth-order valence-electron chi connectivity index (χ4n) is 4.12. The van der Waals surface area contributed by atoms with Gasteiger partial charge >= 0.3 is 11.7 Å². The zero-order valence-corrected chi connectivity index (χ0v) is 23.7. The van der Waals surface area contributed by atoms with Gasteiger partial charge in [-0.2, -0.15) is 0 Å². The van der Waals surface area contributed by atoms with E-state index in [0.29, 0.717) is 38.3 Å². The van der Waals surface area contributed by atoms with Crippen LogP contribution in [0.2, 0.25) is 0 Å². The number of benzene rings is 1. The number of ether oxygens (including phenoxy) is 1. The van der Waals surface area contributed by atoms with Crippen molar-refractivity contribution < 1.29 is 14.6 Å². The van der Waals surface area contributed by atoms with E-state index in [2.05, 4.69) is 12.0 Å². The number of unbranched alkanes of at least 4 members (excludes halogenated alkanes) is 4. The molecule has 0 amide bonds. The van der Waals surface area contributed by atoms with E-state index in [0.717, 1.165) is 41.6 Å². The maximum Gasteiger partial charge on any atom is 0.346 e. The smallest absolute Gasteiger partial charge is 0.346 e. The van der Waals surface area contributed by atoms with Gasteiger partial charge in [-0.15, -0.1) is 16.9 Å². The number of carboxylic acids is 1. The van der Waals surface area contributed by atoms with Crippen molar-refractivity contribution >= 4 is 23.5 Å². The molecule has 0 spiro atoms. The van der Waals surface area contributed by atoms with Gasteiger partial charge < -0.3 is 14.7 Å². The second-order valence-corrected chi connectivity index (χ2v) is 11.1. The van der Waals surface area contributed by atoms with Crippen molar-refractivity contribution in [2.24, 2.45) is 14.1 Å². The van der Waals surface area contributed by atoms with Crippen molar-refractivity contribution in [1.82, 2.24) is 14.3 Å². The molecule has 37 heavy (non-hydrogen) atoms. The monoisotopic (exact) mass is 534 g/mol. The Hall–Kier alpha value is -2.75. The van der Waals surface area contributed by atoms with Crippen LogP contribution in [-0.4, -0.2) is 49.9 Å². The summed E-state index contributed by atoms with van der Waals surface area (Å²) in [5.41, 5.74) is -0.841. The van der Waals surface area contributed by atoms with Gasteiger partial charge in [0.15, 0.2) is 0 Å². The fraction of sp³-hybridized carbons (Fsp3) is 0.630. The quantitative estimate of drug-likeness (QED) is 0.234. The highest BCUT2D eigenvalue weighted by molar-refractivity contribution is 8.01. The summed E-state index contributed by atoms with van der Waals surface area (Å²) in [4.78, 5) is 39.5. The van der Waals surface area contributed by atoms with Gasteiger partial charge in [-0.25, -0.2) is 9.48 Å². The molecule has 2 rings (SSSR count). The second kappa shape index (κ2) is 14.9. The highest BCUT2D eigenvalue weighted by Crippen LogP contribution is 2.37. The van der Waals surface area contributed by atoms with Crippen molar-refractivity contribution in [2.75, 3.05) is 24.6 Å². The van der Waals surface area contributed by atoms with Crippen LogP contribution in [0, 0.1) is 0 Å². The zero-order chi connectivity index (χ0) is 27.4. The number of anilines is 1. The molecule has 0 aliphatic carbocycles. The maximum absolute atomic E-state index is 12.8. The SMILES string of the molecule is CCCCCCCN(CCCOc1cccc(SC(C)(CCC)C(=O)O)c1)c1nn(C)c(=O)n(C)c1=O. The van der Waals surface area contributed by atoms with Crippen molar-refractivity contribution in [1.29, 1.82) is 0 Å². The minimum atomic E-state index is -0.889. The Morgan fingerprint density at radius 1 is 1.08 bits per heavy atom. The Kier molecular flexibility index (Phi) is 12.2. The van der Waals surface area contributed by atoms with Crippen LogP contribution in [-0.2, 0) is 18.9 Å². The largest absolute Gasteiger partial charge is 0.493 e. The second-order valence-electron chi connectivity index (χ2n) is 9.56. The van der Waals surface area contributed by atoms with Crippen LogP contribution in [0.3, 0.4) is 0 Å². The van der Waals surface area contributed by atoms with E-state index in [1.54, 1.807) is 14.0 Å². The van der Waals surface area contributed by atoms with Crippen LogP contribution in [0.1, 0.15) is 72.1 Å². The minimum Gasteiger partial charge on any atom is -0.493 e. The molecule has 0 bridgehead atoms. The zero-order valence-electron chi connectivity index (χ0n) is 22.9. The van der Waals surface area contributed by atoms with Gasteiger partial charge in [0.25, 0.3) is 5.56 Å². The van der Waals surface area contributed by atoms with Gasteiger partial charge in [-0.3, -0.25) is 14.2 Å². The summed E-state index contributed by atoms with van der Waals surface area (Å²) in [6.07, 6.45) is 7.54. The third-order valence-electron chi connectivity index (χ3n) is 6.30. The topological polar surface area (TPSA) is 107 Å². The highest BCUT2D eigenvalue weighted by Gasteiger charge is 2.33. The minimum absolute atomic E-state index is 0.280. The highest BCUT2D eigenvalue weighted by atomic mass is 32.2. The van der Waals surface area contributed by atoms with Gasteiger partial charge in [-0.1, -0.05) is 52.0 Å². The molecule has 2 aromatic rings. The Labute approximate surface area is 223 Å². The first-order valence-electron chi connectivity index (χ1n) is 13.2. The first-order valence-corrected chi connectivity index (χ1v) is 14.0. The molecule has 0 aliphatic heterocycles. The summed E-state index contributed by atoms with van der Waals surface area (Å²) < 4.78 is 7.38. The Morgan fingerprint density at radius 3 is 2.46 bits per heavy atom. The van der Waals surface area contributed by atoms with E-state index in [1.165, 1.54) is 29.9 Å². The Bertz CT molecular complexity index is 1130. The number of carboxylic acid groups (broad SMARTS) is 1. The van der Waals surface area contributed by atoms with E-state index in [9.17, 15) is 19.5 Å². The molecule has 0 radical (unpaired) electrons. The normalized spacial score (nSPS) is 12.8. The lowest BCUT2D eigenvalue weighted by molar-refractivity contribution is -0.139. The molecule has 1 heterocycles. The molecule has 0 aliphatic rings. The Morgan fingerprint density at radius 2 is 1.78 bits per heavy atom. The molecule has 1 aromatic carbocycles. The van der Waals surface area contributed by atoms with E-state index in [1.807, 2.05) is 36.1 Å². The van der Waals surface area contributed by atoms with Gasteiger partial charge in [-0.05, 0) is 44.4 Å². The number of hydrogen-bond acceptors (Lipinski definition) is 7. The molecule has 0 saturated carbocycles. The molecular formula is C27H42N4O5S. The summed E-state index contributed by atoms with van der Waals surface area (Å²) in [6.45, 7) is 7.59. The lowest BCUT2D eigenvalue weighted by atomic mass is 10.1. The molecule has 10 heteroatoms. The van der Waals surface area contributed by atoms with Gasteiger partial charge in [0, 0.05) is 32.1 Å². The number of rotatable bonds is 17. The van der Waals surface area contributed by atoms with Gasteiger partial charge in [0.2, 0.25) is 5.82 Å². The third kappa shape index (κ3) is 8.94. The summed E-state index contributed by atoms with van der Waals surface area (Å²) >= 11 is 1.34. The van der Waals surface area contributed by atoms with Crippen LogP contribution in [0.4, 0.5) is 5.82 Å². The van der Waals surface area contributed by atoms with Crippen LogP contribution in [0.15, 0.2) is 38.8 Å². The Balaban J connectivity index is 2.04. The molecular weight excluding hydrogens is 492 g/mol. The number of nitrogens with zero attached hydrogens (tertiary/aromatic N) is 4. The van der Waals surface area contributed by atoms with Crippen molar-refractivity contribution in [3.63, 3.8) is 0 Å². The first-order chi connectivity index (χ1) is 17.6. The van der Waals surface area contributed by atoms with Crippen molar-refractivity contribution in [2.45, 2.75) is 81.8 Å². The lowest BCUT2D eigenvalue weighted by Gasteiger charge is -2.24. The molecule has 1 N–H and O–H groups in total. The lowest BCUT2D eigenvalue weighted by Crippen LogP contribution is -2.43. The van der Waals surface area contributed by atoms with Crippen LogP contribution >= 0.6 is 11.8 Å². The molecule has 9 nitrogen and oxygen atoms in total. The number of aryl methyl sites for hydroxylation is 1. The number of carbonyl (C=O) groups is 1. The predicted octanol–water partition coefficient (Wildman–Crippen LogP) is 4.46. The average Bonchev–Trinajstić information content (AvgIpc) is 2.86. The number of hydrogen-bond donors (Lipinski definition) is 1. The van der Waals surface area contributed by atoms with Crippen molar-refractivity contribution in [3.8, 4) is 5.75 Å². The molecule has 1 unspecified atom stereocenters. The average molecular weight is 535 g/mol. The molecule has 0 saturated heterocycles. The summed E-state index contributed by atoms with van der Waals surface area (Å²) in [7, 11) is 3.02. The molecule has 1 atom stereocenters. The standard InChI is InChI=1S/C27H42N4O5S/c1-6-8-9-10-11-17-31(23-24(32)29(4)26(35)30(5)28-23)18-13-19-36-21-14-12-15-22(20-21)37-27(3,16-7-2)25(33)34/h12,14-15,20H,6-11,13,16-19H2,1-5H3,(H,33,34). The van der Waals surface area contributed by atoms with E-state index >= 15 is 0 Å². The molecule has 1 aromatic heterocycles. The van der Waals surface area contributed by atoms with Crippen LogP contribution in [0.25, 0.3) is 0 Å². The summed E-state index contributed by atoms with van der Waals surface area (Å²) in [5, 5.41) is 13.9. The van der Waals surface area contributed by atoms with Gasteiger partial charge in [0.1, 0.15) is 10.5 Å². The first kappa shape index (κ1) is 30.5. The third-order valence-corrected chi connectivity index (χ3v) is 7.62. The molecule has 0 fully saturated rings. The van der Waals surface area contributed by atoms with E-state index < -0.39 is 22.0 Å². The van der Waals surface area contributed by atoms with E-state index in [-0.39, 0.29) is 5.82 Å². The summed E-state index contributed by atoms with van der Waals surface area (Å²) in [5.74, 6) is 0.137. The number of aliphatic carboxylic acids is 1. The predicted molar refractivity (Wildman–Crippen MR) is 149 cm³/mol. The van der Waals surface area contributed by atoms with E-state index in [4.69, 9.17) is 4.74 Å². The van der Waals surface area contributed by atoms with Crippen molar-refractivity contribution in [3.05, 3.63) is 45.1 Å². The fourth-order valence-corrected chi connectivity index (χ4v) is 5.36. The summed E-state index contributed by atoms with van der Waals surface area (Å²) in [6, 6.07) is 7.50.